The molecule has 0 aliphatic carbocycles. The molecule has 0 spiro atoms. The van der Waals surface area contributed by atoms with Crippen molar-refractivity contribution in [3.63, 3.8) is 0 Å². The topological polar surface area (TPSA) is 41.5 Å². The first-order valence-electron chi connectivity index (χ1n) is 3.66. The molecule has 1 aromatic rings. The number of hydrogen-bond acceptors (Lipinski definition) is 3. The number of carbonyl (C=O) groups excluding carboxylic acids is 1. The van der Waals surface area contributed by atoms with Gasteiger partial charge in [0.25, 0.3) is 0 Å². The van der Waals surface area contributed by atoms with Gasteiger partial charge in [0.2, 0.25) is 5.91 Å². The molecule has 0 bridgehead atoms. The zero-order valence-corrected chi connectivity index (χ0v) is 8.87. The molecule has 1 amide bonds. The first-order chi connectivity index (χ1) is 6.09. The molecule has 70 valence electrons. The smallest absolute Gasteiger partial charge is 0.236 e. The highest BCUT2D eigenvalue weighted by Crippen LogP contribution is 2.21. The Bertz CT molecular complexity index is 346. The maximum absolute atomic E-state index is 10.5. The van der Waals surface area contributed by atoms with E-state index in [0.717, 1.165) is 10.6 Å². The van der Waals surface area contributed by atoms with Crippen molar-refractivity contribution in [1.82, 2.24) is 5.43 Å². The Balaban J connectivity index is 2.72. The Labute approximate surface area is 85.4 Å². The van der Waals surface area contributed by atoms with Gasteiger partial charge in [0.05, 0.1) is 14.9 Å². The number of halogens is 1. The maximum Gasteiger partial charge on any atom is 0.236 e. The molecule has 5 heteroatoms. The fourth-order valence-corrected chi connectivity index (χ4v) is 1.71. The Hall–Kier alpha value is -0.870. The number of hydrazone groups is 1. The van der Waals surface area contributed by atoms with Crippen LogP contribution in [0.1, 0.15) is 18.7 Å². The second-order valence-corrected chi connectivity index (χ2v) is 4.18. The van der Waals surface area contributed by atoms with Crippen molar-refractivity contribution in [3.05, 3.63) is 21.3 Å². The molecule has 1 heterocycles. The quantitative estimate of drug-likeness (QED) is 0.598. The molecule has 1 rings (SSSR count). The van der Waals surface area contributed by atoms with Gasteiger partial charge in [-0.3, -0.25) is 4.79 Å². The normalized spacial score (nSPS) is 11.5. The van der Waals surface area contributed by atoms with Gasteiger partial charge >= 0.3 is 0 Å². The third kappa shape index (κ3) is 3.16. The highest BCUT2D eigenvalue weighted by atomic mass is 35.5. The minimum absolute atomic E-state index is 0.179. The Morgan fingerprint density at radius 2 is 2.23 bits per heavy atom. The number of hydrogen-bond donors (Lipinski definition) is 1. The Morgan fingerprint density at radius 1 is 1.54 bits per heavy atom. The zero-order valence-electron chi connectivity index (χ0n) is 7.30. The second kappa shape index (κ2) is 4.39. The molecule has 13 heavy (non-hydrogen) atoms. The summed E-state index contributed by atoms with van der Waals surface area (Å²) >= 11 is 7.17. The van der Waals surface area contributed by atoms with Crippen LogP contribution in [0.3, 0.4) is 0 Å². The molecule has 0 aliphatic heterocycles. The molecular formula is C8H9ClN2OS. The van der Waals surface area contributed by atoms with Crippen LogP contribution >= 0.6 is 22.9 Å². The summed E-state index contributed by atoms with van der Waals surface area (Å²) in [4.78, 5) is 11.5. The van der Waals surface area contributed by atoms with Gasteiger partial charge in [-0.05, 0) is 19.1 Å². The molecular weight excluding hydrogens is 208 g/mol. The van der Waals surface area contributed by atoms with Crippen LogP contribution in [0.2, 0.25) is 4.34 Å². The first kappa shape index (κ1) is 10.2. The summed E-state index contributed by atoms with van der Waals surface area (Å²) in [6.07, 6.45) is 0. The van der Waals surface area contributed by atoms with Gasteiger partial charge in [-0.25, -0.2) is 5.43 Å². The van der Waals surface area contributed by atoms with Crippen LogP contribution in [-0.2, 0) is 4.79 Å². The first-order valence-corrected chi connectivity index (χ1v) is 4.85. The van der Waals surface area contributed by atoms with E-state index in [1.165, 1.54) is 18.3 Å². The van der Waals surface area contributed by atoms with Crippen LogP contribution in [-0.4, -0.2) is 11.6 Å². The van der Waals surface area contributed by atoms with Crippen molar-refractivity contribution >= 4 is 34.6 Å². The molecule has 1 N–H and O–H groups in total. The summed E-state index contributed by atoms with van der Waals surface area (Å²) in [5.41, 5.74) is 3.12. The van der Waals surface area contributed by atoms with Crippen molar-refractivity contribution in [2.45, 2.75) is 13.8 Å². The molecule has 0 fully saturated rings. The molecule has 0 radical (unpaired) electrons. The lowest BCUT2D eigenvalue weighted by molar-refractivity contribution is -0.118. The van der Waals surface area contributed by atoms with Crippen LogP contribution in [0.5, 0.6) is 0 Å². The highest BCUT2D eigenvalue weighted by molar-refractivity contribution is 7.18. The number of nitrogens with one attached hydrogen (secondary N) is 1. The van der Waals surface area contributed by atoms with Crippen LogP contribution in [0, 0.1) is 0 Å². The molecule has 0 atom stereocenters. The summed E-state index contributed by atoms with van der Waals surface area (Å²) < 4.78 is 0.715. The fraction of sp³-hybridized carbons (Fsp3) is 0.250. The van der Waals surface area contributed by atoms with E-state index in [1.807, 2.05) is 13.0 Å². The molecule has 0 unspecified atom stereocenters. The molecule has 0 aromatic carbocycles. The second-order valence-electron chi connectivity index (χ2n) is 2.47. The number of amides is 1. The van der Waals surface area contributed by atoms with Crippen LogP contribution in [0.15, 0.2) is 17.2 Å². The Morgan fingerprint density at radius 3 is 2.69 bits per heavy atom. The minimum atomic E-state index is -0.179. The fourth-order valence-electron chi connectivity index (χ4n) is 0.726. The summed E-state index contributed by atoms with van der Waals surface area (Å²) in [6.45, 7) is 3.23. The lowest BCUT2D eigenvalue weighted by Crippen LogP contribution is -2.14. The highest BCUT2D eigenvalue weighted by Gasteiger charge is 2.01. The predicted molar refractivity (Wildman–Crippen MR) is 55.4 cm³/mol. The van der Waals surface area contributed by atoms with Gasteiger partial charge in [-0.15, -0.1) is 11.3 Å². The number of thiophene rings is 1. The van der Waals surface area contributed by atoms with E-state index in [-0.39, 0.29) is 5.91 Å². The molecule has 0 saturated carbocycles. The van der Waals surface area contributed by atoms with Crippen LogP contribution < -0.4 is 5.43 Å². The minimum Gasteiger partial charge on any atom is -0.274 e. The van der Waals surface area contributed by atoms with Gasteiger partial charge < -0.3 is 0 Å². The van der Waals surface area contributed by atoms with E-state index in [1.54, 1.807) is 6.07 Å². The van der Waals surface area contributed by atoms with Gasteiger partial charge in [0.15, 0.2) is 0 Å². The van der Waals surface area contributed by atoms with Crippen molar-refractivity contribution in [3.8, 4) is 0 Å². The monoisotopic (exact) mass is 216 g/mol. The van der Waals surface area contributed by atoms with E-state index in [0.29, 0.717) is 4.34 Å². The van der Waals surface area contributed by atoms with Gasteiger partial charge in [-0.1, -0.05) is 11.6 Å². The largest absolute Gasteiger partial charge is 0.274 e. The van der Waals surface area contributed by atoms with Gasteiger partial charge in [-0.2, -0.15) is 5.10 Å². The van der Waals surface area contributed by atoms with Crippen molar-refractivity contribution in [2.75, 3.05) is 0 Å². The molecule has 0 saturated heterocycles. The summed E-state index contributed by atoms with van der Waals surface area (Å²) in [7, 11) is 0. The summed E-state index contributed by atoms with van der Waals surface area (Å²) in [5.74, 6) is -0.179. The van der Waals surface area contributed by atoms with Gasteiger partial charge in [0.1, 0.15) is 0 Å². The Kier molecular flexibility index (Phi) is 3.45. The SMILES string of the molecule is CC(=O)N/N=C(/C)c1ccc(Cl)s1. The number of nitrogens with zero attached hydrogens (tertiary/aromatic N) is 1. The van der Waals surface area contributed by atoms with E-state index < -0.39 is 0 Å². The van der Waals surface area contributed by atoms with Gasteiger partial charge in [0, 0.05) is 6.92 Å². The van der Waals surface area contributed by atoms with E-state index in [2.05, 4.69) is 10.5 Å². The zero-order chi connectivity index (χ0) is 9.84. The van der Waals surface area contributed by atoms with E-state index in [4.69, 9.17) is 11.6 Å². The maximum atomic E-state index is 10.5. The molecule has 0 aliphatic rings. The average molecular weight is 217 g/mol. The summed E-state index contributed by atoms with van der Waals surface area (Å²) in [5, 5.41) is 3.88. The third-order valence-corrected chi connectivity index (χ3v) is 2.65. The number of carbonyl (C=O) groups is 1. The standard InChI is InChI=1S/C8H9ClN2OS/c1-5(10-11-6(2)12)7-3-4-8(9)13-7/h3-4H,1-2H3,(H,11,12)/b10-5-. The summed E-state index contributed by atoms with van der Waals surface area (Å²) in [6, 6.07) is 3.67. The third-order valence-electron chi connectivity index (χ3n) is 1.31. The lowest BCUT2D eigenvalue weighted by atomic mass is 10.3. The average Bonchev–Trinajstić information content (AvgIpc) is 2.47. The molecule has 1 aromatic heterocycles. The van der Waals surface area contributed by atoms with Crippen molar-refractivity contribution in [1.29, 1.82) is 0 Å². The lowest BCUT2D eigenvalue weighted by Gasteiger charge is -1.95. The van der Waals surface area contributed by atoms with Crippen LogP contribution in [0.4, 0.5) is 0 Å². The number of rotatable bonds is 2. The van der Waals surface area contributed by atoms with Crippen molar-refractivity contribution < 1.29 is 4.79 Å². The molecule has 3 nitrogen and oxygen atoms in total. The van der Waals surface area contributed by atoms with Crippen LogP contribution in [0.25, 0.3) is 0 Å². The predicted octanol–water partition coefficient (Wildman–Crippen LogP) is 2.26. The van der Waals surface area contributed by atoms with E-state index in [9.17, 15) is 4.79 Å². The van der Waals surface area contributed by atoms with E-state index >= 15 is 0 Å². The van der Waals surface area contributed by atoms with Crippen molar-refractivity contribution in [2.24, 2.45) is 5.10 Å².